The fraction of sp³-hybridized carbons (Fsp3) is 0.238. The largest absolute Gasteiger partial charge is 0.372 e. The molecule has 3 amide bonds. The Kier molecular flexibility index (Phi) is 4.44. The highest BCUT2D eigenvalue weighted by Gasteiger charge is 2.34. The Labute approximate surface area is 152 Å². The molecule has 2 fully saturated rings. The third-order valence-electron chi connectivity index (χ3n) is 4.82. The summed E-state index contributed by atoms with van der Waals surface area (Å²) in [7, 11) is 0. The van der Waals surface area contributed by atoms with Crippen LogP contribution in [0.5, 0.6) is 0 Å². The summed E-state index contributed by atoms with van der Waals surface area (Å²) >= 11 is 0. The van der Waals surface area contributed by atoms with Crippen molar-refractivity contribution in [3.05, 3.63) is 65.9 Å². The Hall–Kier alpha value is -3.08. The summed E-state index contributed by atoms with van der Waals surface area (Å²) in [5.74, 6) is -0.332. The van der Waals surface area contributed by atoms with Crippen LogP contribution in [-0.2, 0) is 4.79 Å². The van der Waals surface area contributed by atoms with E-state index in [0.717, 1.165) is 23.6 Å². The van der Waals surface area contributed by atoms with E-state index in [4.69, 9.17) is 0 Å². The Morgan fingerprint density at radius 3 is 2.19 bits per heavy atom. The molecule has 1 N–H and O–H groups in total. The predicted octanol–water partition coefficient (Wildman–Crippen LogP) is 3.77. The van der Waals surface area contributed by atoms with Crippen molar-refractivity contribution < 1.29 is 9.59 Å². The molecule has 5 heteroatoms. The van der Waals surface area contributed by atoms with E-state index < -0.39 is 6.03 Å². The lowest BCUT2D eigenvalue weighted by atomic mass is 10.1. The topological polar surface area (TPSA) is 52.7 Å². The van der Waals surface area contributed by atoms with Crippen molar-refractivity contribution in [2.45, 2.75) is 19.3 Å². The van der Waals surface area contributed by atoms with Gasteiger partial charge in [0.2, 0.25) is 0 Å². The van der Waals surface area contributed by atoms with Crippen molar-refractivity contribution in [3.63, 3.8) is 0 Å². The maximum atomic E-state index is 12.6. The molecule has 0 radical (unpaired) electrons. The van der Waals surface area contributed by atoms with Crippen LogP contribution in [-0.4, -0.2) is 25.0 Å². The van der Waals surface area contributed by atoms with E-state index in [1.54, 1.807) is 30.3 Å². The van der Waals surface area contributed by atoms with Crippen LogP contribution in [0.1, 0.15) is 24.8 Å². The van der Waals surface area contributed by atoms with Crippen molar-refractivity contribution in [3.8, 4) is 0 Å². The van der Waals surface area contributed by atoms with Gasteiger partial charge in [-0.3, -0.25) is 4.79 Å². The predicted molar refractivity (Wildman–Crippen MR) is 103 cm³/mol. The lowest BCUT2D eigenvalue weighted by molar-refractivity contribution is -0.113. The number of nitrogens with one attached hydrogen (secondary N) is 1. The SMILES string of the molecule is O=C1NC(=Cc2ccc(N3CCCCC3)cc2)C(=O)N1c1ccccc1. The third-order valence-corrected chi connectivity index (χ3v) is 4.82. The fourth-order valence-corrected chi connectivity index (χ4v) is 3.45. The van der Waals surface area contributed by atoms with Gasteiger partial charge in [-0.05, 0) is 55.2 Å². The lowest BCUT2D eigenvalue weighted by Crippen LogP contribution is -2.30. The molecule has 2 aliphatic rings. The standard InChI is InChI=1S/C21H21N3O2/c25-20-19(22-21(26)24(20)18-7-3-1-4-8-18)15-16-9-11-17(12-10-16)23-13-5-2-6-14-23/h1,3-4,7-12,15H,2,5-6,13-14H2,(H,22,26). The minimum Gasteiger partial charge on any atom is -0.372 e. The smallest absolute Gasteiger partial charge is 0.333 e. The zero-order chi connectivity index (χ0) is 17.9. The number of benzene rings is 2. The van der Waals surface area contributed by atoms with Gasteiger partial charge >= 0.3 is 6.03 Å². The molecule has 5 nitrogen and oxygen atoms in total. The molecule has 0 aromatic heterocycles. The first-order chi connectivity index (χ1) is 12.7. The number of amides is 3. The van der Waals surface area contributed by atoms with Crippen LogP contribution in [0.4, 0.5) is 16.2 Å². The monoisotopic (exact) mass is 347 g/mol. The minimum absolute atomic E-state index is 0.296. The summed E-state index contributed by atoms with van der Waals surface area (Å²) < 4.78 is 0. The van der Waals surface area contributed by atoms with Crippen LogP contribution in [0, 0.1) is 0 Å². The summed E-state index contributed by atoms with van der Waals surface area (Å²) in [6, 6.07) is 16.7. The van der Waals surface area contributed by atoms with Crippen molar-refractivity contribution in [1.29, 1.82) is 0 Å². The summed E-state index contributed by atoms with van der Waals surface area (Å²) in [5, 5.41) is 2.67. The van der Waals surface area contributed by atoms with E-state index >= 15 is 0 Å². The molecule has 0 spiro atoms. The number of nitrogens with zero attached hydrogens (tertiary/aromatic N) is 2. The molecule has 2 heterocycles. The van der Waals surface area contributed by atoms with Crippen molar-refractivity contribution in [1.82, 2.24) is 5.32 Å². The van der Waals surface area contributed by atoms with Gasteiger partial charge in [-0.1, -0.05) is 30.3 Å². The second kappa shape index (κ2) is 7.04. The van der Waals surface area contributed by atoms with Gasteiger partial charge in [0, 0.05) is 18.8 Å². The van der Waals surface area contributed by atoms with E-state index in [-0.39, 0.29) is 5.91 Å². The molecule has 0 aliphatic carbocycles. The molecule has 0 bridgehead atoms. The van der Waals surface area contributed by atoms with Gasteiger partial charge in [-0.15, -0.1) is 0 Å². The first-order valence-electron chi connectivity index (χ1n) is 8.99. The number of carbonyl (C=O) groups excluding carboxylic acids is 2. The van der Waals surface area contributed by atoms with Gasteiger partial charge in [-0.2, -0.15) is 0 Å². The van der Waals surface area contributed by atoms with Crippen LogP contribution in [0.25, 0.3) is 6.08 Å². The highest BCUT2D eigenvalue weighted by Crippen LogP contribution is 2.24. The van der Waals surface area contributed by atoms with E-state index in [1.165, 1.54) is 24.9 Å². The van der Waals surface area contributed by atoms with E-state index in [0.29, 0.717) is 11.4 Å². The van der Waals surface area contributed by atoms with Crippen LogP contribution >= 0.6 is 0 Å². The molecular weight excluding hydrogens is 326 g/mol. The van der Waals surface area contributed by atoms with Crippen molar-refractivity contribution >= 4 is 29.4 Å². The van der Waals surface area contributed by atoms with Gasteiger partial charge in [0.15, 0.2) is 0 Å². The average molecular weight is 347 g/mol. The molecule has 132 valence electrons. The quantitative estimate of drug-likeness (QED) is 0.679. The molecular formula is C21H21N3O2. The van der Waals surface area contributed by atoms with Crippen LogP contribution in [0.15, 0.2) is 60.3 Å². The summed E-state index contributed by atoms with van der Waals surface area (Å²) in [6.45, 7) is 2.20. The number of rotatable bonds is 3. The first-order valence-corrected chi connectivity index (χ1v) is 8.99. The fourth-order valence-electron chi connectivity index (χ4n) is 3.45. The lowest BCUT2D eigenvalue weighted by Gasteiger charge is -2.28. The molecule has 2 saturated heterocycles. The van der Waals surface area contributed by atoms with E-state index in [2.05, 4.69) is 22.3 Å². The molecule has 0 saturated carbocycles. The second-order valence-electron chi connectivity index (χ2n) is 6.60. The van der Waals surface area contributed by atoms with Gasteiger partial charge in [-0.25, -0.2) is 9.69 Å². The molecule has 2 aromatic carbocycles. The zero-order valence-corrected chi connectivity index (χ0v) is 14.5. The number of piperidine rings is 1. The van der Waals surface area contributed by atoms with Crippen molar-refractivity contribution in [2.75, 3.05) is 22.9 Å². The maximum absolute atomic E-state index is 12.6. The highest BCUT2D eigenvalue weighted by molar-refractivity contribution is 6.28. The molecule has 0 atom stereocenters. The number of urea groups is 1. The summed E-state index contributed by atoms with van der Waals surface area (Å²) in [6.07, 6.45) is 5.51. The van der Waals surface area contributed by atoms with Crippen LogP contribution < -0.4 is 15.1 Å². The number of para-hydroxylation sites is 1. The van der Waals surface area contributed by atoms with Crippen molar-refractivity contribution in [2.24, 2.45) is 0 Å². The van der Waals surface area contributed by atoms with E-state index in [1.807, 2.05) is 18.2 Å². The molecule has 2 aromatic rings. The normalized spacial score (nSPS) is 19.2. The zero-order valence-electron chi connectivity index (χ0n) is 14.5. The maximum Gasteiger partial charge on any atom is 0.333 e. The number of hydrogen-bond acceptors (Lipinski definition) is 3. The Morgan fingerprint density at radius 2 is 1.50 bits per heavy atom. The van der Waals surface area contributed by atoms with Crippen LogP contribution in [0.3, 0.4) is 0 Å². The summed E-state index contributed by atoms with van der Waals surface area (Å²) in [4.78, 5) is 28.3. The number of imide groups is 1. The Balaban J connectivity index is 1.53. The van der Waals surface area contributed by atoms with Gasteiger partial charge in [0.25, 0.3) is 5.91 Å². The first kappa shape index (κ1) is 16.4. The highest BCUT2D eigenvalue weighted by atomic mass is 16.2. The minimum atomic E-state index is -0.419. The van der Waals surface area contributed by atoms with E-state index in [9.17, 15) is 9.59 Å². The molecule has 26 heavy (non-hydrogen) atoms. The molecule has 2 aliphatic heterocycles. The summed E-state index contributed by atoms with van der Waals surface area (Å²) in [5.41, 5.74) is 2.97. The third kappa shape index (κ3) is 3.20. The van der Waals surface area contributed by atoms with Gasteiger partial charge in [0.05, 0.1) is 5.69 Å². The number of anilines is 2. The Bertz CT molecular complexity index is 837. The second-order valence-corrected chi connectivity index (χ2v) is 6.60. The number of carbonyl (C=O) groups is 2. The molecule has 4 rings (SSSR count). The van der Waals surface area contributed by atoms with Gasteiger partial charge in [0.1, 0.15) is 5.70 Å². The molecule has 0 unspecified atom stereocenters. The Morgan fingerprint density at radius 1 is 0.808 bits per heavy atom. The number of hydrogen-bond donors (Lipinski definition) is 1. The van der Waals surface area contributed by atoms with Crippen LogP contribution in [0.2, 0.25) is 0 Å². The average Bonchev–Trinajstić information content (AvgIpc) is 2.97. The van der Waals surface area contributed by atoms with Gasteiger partial charge < -0.3 is 10.2 Å².